The maximum atomic E-state index is 12.3. The molecule has 2 aromatic rings. The number of aromatic nitrogens is 1. The Morgan fingerprint density at radius 2 is 2.16 bits per heavy atom. The number of carbonyl (C=O) groups excluding carboxylic acids is 1. The van der Waals surface area contributed by atoms with Gasteiger partial charge in [0.2, 0.25) is 0 Å². The van der Waals surface area contributed by atoms with E-state index in [0.29, 0.717) is 18.4 Å². The normalized spacial score (nSPS) is 11.8. The van der Waals surface area contributed by atoms with E-state index in [4.69, 9.17) is 0 Å². The van der Waals surface area contributed by atoms with E-state index in [1.807, 2.05) is 25.1 Å². The molecule has 0 saturated carbocycles. The van der Waals surface area contributed by atoms with Crippen LogP contribution in [0.4, 0.5) is 5.69 Å². The SMILES string of the molecule is CCc1ccc(C(=O)NCC(CO)Cc2ccccn2)cc1[N+](=O)[O-]. The molecule has 25 heavy (non-hydrogen) atoms. The fraction of sp³-hybridized carbons (Fsp3) is 0.333. The molecule has 1 unspecified atom stereocenters. The van der Waals surface area contributed by atoms with E-state index in [1.165, 1.54) is 6.07 Å². The maximum absolute atomic E-state index is 12.3. The number of hydrogen-bond acceptors (Lipinski definition) is 5. The van der Waals surface area contributed by atoms with Gasteiger partial charge in [-0.1, -0.05) is 19.1 Å². The second-order valence-corrected chi connectivity index (χ2v) is 5.74. The average Bonchev–Trinajstić information content (AvgIpc) is 2.64. The van der Waals surface area contributed by atoms with Gasteiger partial charge in [0.25, 0.3) is 11.6 Å². The molecule has 0 saturated heterocycles. The van der Waals surface area contributed by atoms with Gasteiger partial charge in [0.05, 0.1) is 4.92 Å². The van der Waals surface area contributed by atoms with Crippen molar-refractivity contribution in [2.75, 3.05) is 13.2 Å². The number of rotatable bonds is 8. The van der Waals surface area contributed by atoms with Crippen LogP contribution < -0.4 is 5.32 Å². The van der Waals surface area contributed by atoms with Crippen LogP contribution in [0, 0.1) is 16.0 Å². The van der Waals surface area contributed by atoms with E-state index >= 15 is 0 Å². The molecule has 7 heteroatoms. The van der Waals surface area contributed by atoms with Crippen LogP contribution in [0.2, 0.25) is 0 Å². The first-order chi connectivity index (χ1) is 12.0. The summed E-state index contributed by atoms with van der Waals surface area (Å²) in [6.45, 7) is 1.99. The van der Waals surface area contributed by atoms with Crippen LogP contribution in [0.5, 0.6) is 0 Å². The van der Waals surface area contributed by atoms with Crippen LogP contribution in [0.3, 0.4) is 0 Å². The Morgan fingerprint density at radius 1 is 1.36 bits per heavy atom. The quantitative estimate of drug-likeness (QED) is 0.564. The summed E-state index contributed by atoms with van der Waals surface area (Å²) in [5.41, 5.74) is 1.60. The van der Waals surface area contributed by atoms with E-state index in [9.17, 15) is 20.0 Å². The molecule has 0 bridgehead atoms. The van der Waals surface area contributed by atoms with Gasteiger partial charge in [-0.25, -0.2) is 0 Å². The van der Waals surface area contributed by atoms with Gasteiger partial charge in [-0.15, -0.1) is 0 Å². The molecule has 0 fully saturated rings. The molecule has 7 nitrogen and oxygen atoms in total. The van der Waals surface area contributed by atoms with Crippen LogP contribution in [0.15, 0.2) is 42.6 Å². The van der Waals surface area contributed by atoms with Gasteiger partial charge in [-0.2, -0.15) is 0 Å². The maximum Gasteiger partial charge on any atom is 0.273 e. The Bertz CT molecular complexity index is 734. The fourth-order valence-electron chi connectivity index (χ4n) is 2.53. The summed E-state index contributed by atoms with van der Waals surface area (Å²) in [6, 6.07) is 10.0. The Hall–Kier alpha value is -2.80. The molecule has 0 aliphatic heterocycles. The van der Waals surface area contributed by atoms with Crippen molar-refractivity contribution < 1.29 is 14.8 Å². The van der Waals surface area contributed by atoms with Crippen molar-refractivity contribution in [1.29, 1.82) is 0 Å². The number of aliphatic hydroxyl groups excluding tert-OH is 1. The lowest BCUT2D eigenvalue weighted by Crippen LogP contribution is -2.32. The Balaban J connectivity index is 2.01. The number of aliphatic hydroxyl groups is 1. The van der Waals surface area contributed by atoms with Crippen LogP contribution >= 0.6 is 0 Å². The van der Waals surface area contributed by atoms with Crippen LogP contribution in [0.25, 0.3) is 0 Å². The van der Waals surface area contributed by atoms with Crippen LogP contribution in [-0.4, -0.2) is 34.1 Å². The minimum atomic E-state index is -0.479. The molecular weight excluding hydrogens is 322 g/mol. The van der Waals surface area contributed by atoms with E-state index in [1.54, 1.807) is 18.3 Å². The zero-order chi connectivity index (χ0) is 18.2. The van der Waals surface area contributed by atoms with E-state index < -0.39 is 10.8 Å². The Labute approximate surface area is 145 Å². The number of nitrogens with zero attached hydrogens (tertiary/aromatic N) is 2. The molecule has 1 heterocycles. The molecule has 0 aliphatic rings. The van der Waals surface area contributed by atoms with Crippen LogP contribution in [0.1, 0.15) is 28.5 Å². The average molecular weight is 343 g/mol. The topological polar surface area (TPSA) is 105 Å². The number of amides is 1. The predicted molar refractivity (Wildman–Crippen MR) is 93.3 cm³/mol. The number of nitro benzene ring substituents is 1. The van der Waals surface area contributed by atoms with E-state index in [0.717, 1.165) is 5.69 Å². The van der Waals surface area contributed by atoms with Crippen molar-refractivity contribution in [2.24, 2.45) is 5.92 Å². The minimum Gasteiger partial charge on any atom is -0.396 e. The summed E-state index contributed by atoms with van der Waals surface area (Å²) < 4.78 is 0. The lowest BCUT2D eigenvalue weighted by molar-refractivity contribution is -0.385. The highest BCUT2D eigenvalue weighted by Gasteiger charge is 2.17. The highest BCUT2D eigenvalue weighted by Crippen LogP contribution is 2.21. The van der Waals surface area contributed by atoms with Crippen molar-refractivity contribution >= 4 is 11.6 Å². The summed E-state index contributed by atoms with van der Waals surface area (Å²) in [5, 5.41) is 23.3. The second kappa shape index (κ2) is 8.89. The predicted octanol–water partition coefficient (Wildman–Crippen LogP) is 2.13. The smallest absolute Gasteiger partial charge is 0.273 e. The van der Waals surface area contributed by atoms with Gasteiger partial charge in [0, 0.05) is 48.2 Å². The number of hydrogen-bond donors (Lipinski definition) is 2. The second-order valence-electron chi connectivity index (χ2n) is 5.74. The van der Waals surface area contributed by atoms with Crippen molar-refractivity contribution in [3.05, 3.63) is 69.5 Å². The van der Waals surface area contributed by atoms with Gasteiger partial charge in [0.15, 0.2) is 0 Å². The molecule has 0 spiro atoms. The molecule has 2 N–H and O–H groups in total. The lowest BCUT2D eigenvalue weighted by Gasteiger charge is -2.15. The molecule has 2 rings (SSSR count). The number of nitro groups is 1. The highest BCUT2D eigenvalue weighted by molar-refractivity contribution is 5.95. The lowest BCUT2D eigenvalue weighted by atomic mass is 10.0. The molecule has 0 radical (unpaired) electrons. The Morgan fingerprint density at radius 3 is 2.76 bits per heavy atom. The summed E-state index contributed by atoms with van der Waals surface area (Å²) >= 11 is 0. The zero-order valence-electron chi connectivity index (χ0n) is 14.0. The molecular formula is C18H21N3O4. The first-order valence-electron chi connectivity index (χ1n) is 8.11. The first-order valence-corrected chi connectivity index (χ1v) is 8.11. The van der Waals surface area contributed by atoms with Crippen molar-refractivity contribution in [3.63, 3.8) is 0 Å². The van der Waals surface area contributed by atoms with Gasteiger partial charge >= 0.3 is 0 Å². The van der Waals surface area contributed by atoms with E-state index in [2.05, 4.69) is 10.3 Å². The summed E-state index contributed by atoms with van der Waals surface area (Å²) in [4.78, 5) is 27.1. The minimum absolute atomic E-state index is 0.0534. The van der Waals surface area contributed by atoms with Crippen molar-refractivity contribution in [3.8, 4) is 0 Å². The number of nitrogens with one attached hydrogen (secondary N) is 1. The number of benzene rings is 1. The van der Waals surface area contributed by atoms with Gasteiger partial charge < -0.3 is 10.4 Å². The fourth-order valence-corrected chi connectivity index (χ4v) is 2.53. The molecule has 1 atom stereocenters. The summed E-state index contributed by atoms with van der Waals surface area (Å²) in [7, 11) is 0. The highest BCUT2D eigenvalue weighted by atomic mass is 16.6. The Kier molecular flexibility index (Phi) is 6.59. The molecule has 1 aromatic heterocycles. The largest absolute Gasteiger partial charge is 0.396 e. The molecule has 1 amide bonds. The van der Waals surface area contributed by atoms with Gasteiger partial charge in [-0.05, 0) is 31.0 Å². The number of aryl methyl sites for hydroxylation is 1. The van der Waals surface area contributed by atoms with Crippen LogP contribution in [-0.2, 0) is 12.8 Å². The first kappa shape index (κ1) is 18.5. The third-order valence-corrected chi connectivity index (χ3v) is 3.96. The molecule has 1 aromatic carbocycles. The van der Waals surface area contributed by atoms with Crippen molar-refractivity contribution in [1.82, 2.24) is 10.3 Å². The summed E-state index contributed by atoms with van der Waals surface area (Å²) in [5.74, 6) is -0.575. The number of pyridine rings is 1. The molecule has 0 aliphatic carbocycles. The van der Waals surface area contributed by atoms with E-state index in [-0.39, 0.29) is 30.3 Å². The van der Waals surface area contributed by atoms with Gasteiger partial charge in [-0.3, -0.25) is 19.9 Å². The van der Waals surface area contributed by atoms with Gasteiger partial charge in [0.1, 0.15) is 0 Å². The third kappa shape index (κ3) is 5.09. The monoisotopic (exact) mass is 343 g/mol. The third-order valence-electron chi connectivity index (χ3n) is 3.96. The zero-order valence-corrected chi connectivity index (χ0v) is 14.0. The molecule has 132 valence electrons. The van der Waals surface area contributed by atoms with Crippen molar-refractivity contribution in [2.45, 2.75) is 19.8 Å². The number of carbonyl (C=O) groups is 1. The standard InChI is InChI=1S/C18H21N3O4/c1-2-14-6-7-15(10-17(14)21(24)25)18(23)20-11-13(12-22)9-16-5-3-4-8-19-16/h3-8,10,13,22H,2,9,11-12H2,1H3,(H,20,23). The summed E-state index contributed by atoms with van der Waals surface area (Å²) in [6.07, 6.45) is 2.73.